The van der Waals surface area contributed by atoms with Gasteiger partial charge in [-0.1, -0.05) is 0 Å². The van der Waals surface area contributed by atoms with Crippen molar-refractivity contribution in [3.8, 4) is 6.07 Å². The Labute approximate surface area is 128 Å². The number of rotatable bonds is 3. The summed E-state index contributed by atoms with van der Waals surface area (Å²) in [6, 6.07) is 3.30. The van der Waals surface area contributed by atoms with Crippen LogP contribution in [0.3, 0.4) is 0 Å². The van der Waals surface area contributed by atoms with Gasteiger partial charge in [-0.15, -0.1) is 0 Å². The Morgan fingerprint density at radius 1 is 1.35 bits per heavy atom. The molecule has 1 aromatic rings. The summed E-state index contributed by atoms with van der Waals surface area (Å²) in [6.07, 6.45) is -4.48. The van der Waals surface area contributed by atoms with E-state index in [1.165, 1.54) is 0 Å². The van der Waals surface area contributed by atoms with Gasteiger partial charge in [0.2, 0.25) is 5.71 Å². The molecule has 0 aliphatic carbocycles. The van der Waals surface area contributed by atoms with Gasteiger partial charge in [-0.05, 0) is 44.0 Å². The summed E-state index contributed by atoms with van der Waals surface area (Å²) >= 11 is 5.94. The lowest BCUT2D eigenvalue weighted by molar-refractivity contribution is -0.137. The lowest BCUT2D eigenvalue weighted by Crippen LogP contribution is -2.22. The summed E-state index contributed by atoms with van der Waals surface area (Å²) in [5.41, 5.74) is 6.40. The number of nitrogens with zero attached hydrogens (tertiary/aromatic N) is 2. The Hall–Kier alpha value is -1.60. The van der Waals surface area contributed by atoms with Gasteiger partial charge < -0.3 is 5.73 Å². The van der Waals surface area contributed by atoms with Gasteiger partial charge in [0.25, 0.3) is 0 Å². The number of nitrogens with one attached hydrogen (secondary N) is 2. The highest BCUT2D eigenvalue weighted by molar-refractivity contribution is 9.11. The average molecular weight is 413 g/mol. The van der Waals surface area contributed by atoms with Crippen LogP contribution in [0.4, 0.5) is 18.9 Å². The maximum atomic E-state index is 12.6. The van der Waals surface area contributed by atoms with Crippen LogP contribution in [0.15, 0.2) is 26.2 Å². The summed E-state index contributed by atoms with van der Waals surface area (Å²) in [4.78, 5) is 0. The molecular weight excluding hydrogens is 407 g/mol. The molecule has 1 aromatic carbocycles. The van der Waals surface area contributed by atoms with E-state index in [0.717, 1.165) is 12.1 Å². The molecule has 0 aromatic heterocycles. The molecule has 0 heterocycles. The van der Waals surface area contributed by atoms with Crippen LogP contribution in [-0.4, -0.2) is 11.5 Å². The molecule has 1 rings (SSSR count). The maximum absolute atomic E-state index is 12.6. The molecule has 4 N–H and O–H groups in total. The molecule has 0 radical (unpaired) electrons. The number of anilines is 1. The summed E-state index contributed by atoms with van der Waals surface area (Å²) in [5, 5.41) is 19.2. The molecule has 0 unspecified atom stereocenters. The van der Waals surface area contributed by atoms with Crippen molar-refractivity contribution in [2.75, 3.05) is 5.43 Å². The minimum atomic E-state index is -4.48. The molecule has 0 aliphatic rings. The number of hydrazone groups is 1. The zero-order valence-electron chi connectivity index (χ0n) is 9.52. The normalized spacial score (nSPS) is 11.9. The molecule has 106 valence electrons. The van der Waals surface area contributed by atoms with Crippen LogP contribution in [0.2, 0.25) is 0 Å². The predicted molar refractivity (Wildman–Crippen MR) is 75.4 cm³/mol. The van der Waals surface area contributed by atoms with E-state index in [-0.39, 0.29) is 20.3 Å². The van der Waals surface area contributed by atoms with Crippen molar-refractivity contribution < 1.29 is 13.2 Å². The topological polar surface area (TPSA) is 98.0 Å². The molecular formula is C10H6Br2F3N5. The van der Waals surface area contributed by atoms with E-state index < -0.39 is 17.6 Å². The van der Waals surface area contributed by atoms with Gasteiger partial charge in [-0.25, -0.2) is 0 Å². The summed E-state index contributed by atoms with van der Waals surface area (Å²) in [7, 11) is 0. The number of benzene rings is 1. The average Bonchev–Trinajstić information content (AvgIpc) is 2.30. The predicted octanol–water partition coefficient (Wildman–Crippen LogP) is 3.46. The Morgan fingerprint density at radius 2 is 1.85 bits per heavy atom. The first-order valence-corrected chi connectivity index (χ1v) is 6.40. The van der Waals surface area contributed by atoms with Crippen molar-refractivity contribution in [1.82, 2.24) is 0 Å². The largest absolute Gasteiger partial charge is 0.416 e. The fourth-order valence-corrected chi connectivity index (χ4v) is 2.46. The fourth-order valence-electron chi connectivity index (χ4n) is 1.10. The zero-order chi connectivity index (χ0) is 15.5. The quantitative estimate of drug-likeness (QED) is 0.402. The van der Waals surface area contributed by atoms with Crippen molar-refractivity contribution in [3.63, 3.8) is 0 Å². The second-order valence-corrected chi connectivity index (χ2v) is 5.12. The van der Waals surface area contributed by atoms with Gasteiger partial charge >= 0.3 is 6.18 Å². The second-order valence-electron chi connectivity index (χ2n) is 3.41. The SMILES string of the molecule is N#C/C(=N\Nc1c(Br)cc(C(F)(F)F)cc1Br)C(=N)N. The highest BCUT2D eigenvalue weighted by Gasteiger charge is 2.31. The van der Waals surface area contributed by atoms with Crippen LogP contribution >= 0.6 is 31.9 Å². The number of nitriles is 1. The van der Waals surface area contributed by atoms with Gasteiger partial charge in [-0.2, -0.15) is 23.5 Å². The third-order valence-electron chi connectivity index (χ3n) is 2.01. The van der Waals surface area contributed by atoms with Crippen LogP contribution in [-0.2, 0) is 6.18 Å². The maximum Gasteiger partial charge on any atom is 0.416 e. The van der Waals surface area contributed by atoms with E-state index in [1.807, 2.05) is 0 Å². The van der Waals surface area contributed by atoms with Crippen molar-refractivity contribution >= 4 is 49.1 Å². The lowest BCUT2D eigenvalue weighted by Gasteiger charge is -2.12. The van der Waals surface area contributed by atoms with Gasteiger partial charge in [0.1, 0.15) is 6.07 Å². The number of halogens is 5. The molecule has 0 saturated heterocycles. The third-order valence-corrected chi connectivity index (χ3v) is 3.26. The number of amidine groups is 1. The summed E-state index contributed by atoms with van der Waals surface area (Å²) < 4.78 is 37.9. The smallest absolute Gasteiger partial charge is 0.382 e. The highest BCUT2D eigenvalue weighted by atomic mass is 79.9. The van der Waals surface area contributed by atoms with Gasteiger partial charge in [0.15, 0.2) is 5.84 Å². The molecule has 0 saturated carbocycles. The minimum absolute atomic E-state index is 0.0868. The Bertz CT molecular complexity index is 595. The molecule has 5 nitrogen and oxygen atoms in total. The monoisotopic (exact) mass is 411 g/mol. The Kier molecular flexibility index (Phi) is 5.13. The first kappa shape index (κ1) is 16.5. The molecule has 0 bridgehead atoms. The highest BCUT2D eigenvalue weighted by Crippen LogP contribution is 2.38. The van der Waals surface area contributed by atoms with Crippen LogP contribution in [0.1, 0.15) is 5.56 Å². The molecule has 0 aliphatic heterocycles. The van der Waals surface area contributed by atoms with E-state index >= 15 is 0 Å². The number of hydrogen-bond acceptors (Lipinski definition) is 4. The molecule has 0 amide bonds. The minimum Gasteiger partial charge on any atom is -0.382 e. The molecule has 10 heteroatoms. The lowest BCUT2D eigenvalue weighted by atomic mass is 10.2. The zero-order valence-corrected chi connectivity index (χ0v) is 12.7. The van der Waals surface area contributed by atoms with E-state index in [4.69, 9.17) is 16.4 Å². The van der Waals surface area contributed by atoms with Crippen LogP contribution in [0, 0.1) is 16.7 Å². The first-order chi connectivity index (χ1) is 9.16. The van der Waals surface area contributed by atoms with Crippen LogP contribution in [0.5, 0.6) is 0 Å². The van der Waals surface area contributed by atoms with E-state index in [2.05, 4.69) is 42.4 Å². The Morgan fingerprint density at radius 3 is 2.20 bits per heavy atom. The molecule has 0 spiro atoms. The van der Waals surface area contributed by atoms with E-state index in [1.54, 1.807) is 6.07 Å². The summed E-state index contributed by atoms with van der Waals surface area (Å²) in [6.45, 7) is 0. The van der Waals surface area contributed by atoms with Crippen LogP contribution < -0.4 is 11.2 Å². The molecule has 0 atom stereocenters. The van der Waals surface area contributed by atoms with Crippen molar-refractivity contribution in [3.05, 3.63) is 26.6 Å². The van der Waals surface area contributed by atoms with Crippen molar-refractivity contribution in [1.29, 1.82) is 10.7 Å². The van der Waals surface area contributed by atoms with Crippen molar-refractivity contribution in [2.45, 2.75) is 6.18 Å². The van der Waals surface area contributed by atoms with E-state index in [9.17, 15) is 13.2 Å². The fraction of sp³-hybridized carbons (Fsp3) is 0.100. The van der Waals surface area contributed by atoms with Crippen LogP contribution in [0.25, 0.3) is 0 Å². The second kappa shape index (κ2) is 6.23. The Balaban J connectivity index is 3.17. The molecule has 0 fully saturated rings. The first-order valence-electron chi connectivity index (χ1n) is 4.81. The molecule has 20 heavy (non-hydrogen) atoms. The van der Waals surface area contributed by atoms with Gasteiger partial charge in [-0.3, -0.25) is 10.8 Å². The summed E-state index contributed by atoms with van der Waals surface area (Å²) in [5.74, 6) is -0.556. The van der Waals surface area contributed by atoms with Crippen molar-refractivity contribution in [2.24, 2.45) is 10.8 Å². The van der Waals surface area contributed by atoms with Gasteiger partial charge in [0, 0.05) is 8.95 Å². The number of alkyl halides is 3. The number of nitrogens with two attached hydrogens (primary N) is 1. The third kappa shape index (κ3) is 3.94. The van der Waals surface area contributed by atoms with Gasteiger partial charge in [0.05, 0.1) is 11.3 Å². The standard InChI is InChI=1S/C10H6Br2F3N5/c11-5-1-4(10(13,14)15)2-6(12)8(5)20-19-7(3-16)9(17)18/h1-2,20H,(H3,17,18)/b19-7+. The number of hydrogen-bond donors (Lipinski definition) is 3. The van der Waals surface area contributed by atoms with E-state index in [0.29, 0.717) is 0 Å².